The van der Waals surface area contributed by atoms with E-state index in [0.29, 0.717) is 18.0 Å². The summed E-state index contributed by atoms with van der Waals surface area (Å²) in [5, 5.41) is 9.21. The maximum atomic E-state index is 12.1. The van der Waals surface area contributed by atoms with Gasteiger partial charge in [-0.05, 0) is 43.0 Å². The Morgan fingerprint density at radius 3 is 2.50 bits per heavy atom. The number of hydrogen-bond acceptors (Lipinski definition) is 3. The van der Waals surface area contributed by atoms with Gasteiger partial charge in [-0.1, -0.05) is 0 Å². The molecule has 0 spiro atoms. The van der Waals surface area contributed by atoms with Crippen molar-refractivity contribution in [2.45, 2.75) is 25.6 Å². The summed E-state index contributed by atoms with van der Waals surface area (Å²) in [5.74, 6) is 0.191. The van der Waals surface area contributed by atoms with Crippen molar-refractivity contribution >= 4 is 5.91 Å². The monoisotopic (exact) mass is 285 g/mol. The first-order valence-corrected chi connectivity index (χ1v) is 6.44. The quantitative estimate of drug-likeness (QED) is 0.901. The lowest BCUT2D eigenvalue weighted by molar-refractivity contribution is -0.0498. The molecule has 0 saturated heterocycles. The van der Waals surface area contributed by atoms with Gasteiger partial charge in [-0.15, -0.1) is 0 Å². The SMILES string of the molecule is CN(CC1CC(O)C1)C(=O)c1ccc(OC(F)F)cc1. The number of nitrogens with zero attached hydrogens (tertiary/aromatic N) is 1. The van der Waals surface area contributed by atoms with E-state index in [1.807, 2.05) is 0 Å². The minimum atomic E-state index is -2.87. The molecule has 0 aromatic heterocycles. The van der Waals surface area contributed by atoms with Gasteiger partial charge in [0.15, 0.2) is 0 Å². The maximum Gasteiger partial charge on any atom is 0.387 e. The second-order valence-corrected chi connectivity index (χ2v) is 5.08. The van der Waals surface area contributed by atoms with Gasteiger partial charge in [0.05, 0.1) is 6.10 Å². The van der Waals surface area contributed by atoms with Crippen LogP contribution in [0.15, 0.2) is 24.3 Å². The minimum Gasteiger partial charge on any atom is -0.435 e. The summed E-state index contributed by atoms with van der Waals surface area (Å²) in [6, 6.07) is 5.62. The van der Waals surface area contributed by atoms with Gasteiger partial charge in [0.1, 0.15) is 5.75 Å². The Kier molecular flexibility index (Phi) is 4.54. The third-order valence-electron chi connectivity index (χ3n) is 3.42. The smallest absolute Gasteiger partial charge is 0.387 e. The van der Waals surface area contributed by atoms with Gasteiger partial charge in [-0.3, -0.25) is 4.79 Å². The lowest BCUT2D eigenvalue weighted by Crippen LogP contribution is -2.39. The Hall–Kier alpha value is -1.69. The van der Waals surface area contributed by atoms with Crippen LogP contribution in [0.4, 0.5) is 8.78 Å². The maximum absolute atomic E-state index is 12.1. The molecular formula is C14H17F2NO3. The van der Waals surface area contributed by atoms with Crippen molar-refractivity contribution in [3.8, 4) is 5.75 Å². The van der Waals surface area contributed by atoms with Crippen LogP contribution in [0.2, 0.25) is 0 Å². The van der Waals surface area contributed by atoms with Gasteiger partial charge < -0.3 is 14.7 Å². The topological polar surface area (TPSA) is 49.8 Å². The van der Waals surface area contributed by atoms with Crippen LogP contribution in [0, 0.1) is 5.92 Å². The van der Waals surface area contributed by atoms with Crippen molar-refractivity contribution in [2.75, 3.05) is 13.6 Å². The third-order valence-corrected chi connectivity index (χ3v) is 3.42. The molecule has 0 atom stereocenters. The summed E-state index contributed by atoms with van der Waals surface area (Å²) in [4.78, 5) is 13.7. The molecule has 1 aliphatic carbocycles. The molecule has 20 heavy (non-hydrogen) atoms. The first-order valence-electron chi connectivity index (χ1n) is 6.44. The molecule has 0 bridgehead atoms. The number of rotatable bonds is 5. The zero-order valence-corrected chi connectivity index (χ0v) is 11.1. The molecular weight excluding hydrogens is 268 g/mol. The van der Waals surface area contributed by atoms with E-state index in [9.17, 15) is 18.7 Å². The molecule has 1 N–H and O–H groups in total. The molecule has 6 heteroatoms. The van der Waals surface area contributed by atoms with Crippen LogP contribution in [0.25, 0.3) is 0 Å². The average molecular weight is 285 g/mol. The summed E-state index contributed by atoms with van der Waals surface area (Å²) in [7, 11) is 1.69. The molecule has 1 aliphatic rings. The Morgan fingerprint density at radius 1 is 1.40 bits per heavy atom. The average Bonchev–Trinajstić information content (AvgIpc) is 2.36. The molecule has 0 radical (unpaired) electrons. The van der Waals surface area contributed by atoms with E-state index in [0.717, 1.165) is 12.8 Å². The fourth-order valence-electron chi connectivity index (χ4n) is 2.32. The Bertz CT molecular complexity index is 458. The van der Waals surface area contributed by atoms with E-state index >= 15 is 0 Å². The molecule has 1 aromatic carbocycles. The minimum absolute atomic E-state index is 0.0290. The molecule has 110 valence electrons. The van der Waals surface area contributed by atoms with Crippen LogP contribution in [-0.2, 0) is 0 Å². The summed E-state index contributed by atoms with van der Waals surface area (Å²) >= 11 is 0. The van der Waals surface area contributed by atoms with Gasteiger partial charge in [0.25, 0.3) is 5.91 Å². The second kappa shape index (κ2) is 6.17. The second-order valence-electron chi connectivity index (χ2n) is 5.08. The normalized spacial score (nSPS) is 21.4. The number of ether oxygens (including phenoxy) is 1. The van der Waals surface area contributed by atoms with Crippen LogP contribution >= 0.6 is 0 Å². The number of halogens is 2. The van der Waals surface area contributed by atoms with E-state index in [2.05, 4.69) is 4.74 Å². The van der Waals surface area contributed by atoms with E-state index in [-0.39, 0.29) is 17.8 Å². The van der Waals surface area contributed by atoms with Gasteiger partial charge in [-0.25, -0.2) is 0 Å². The molecule has 1 fully saturated rings. The standard InChI is InChI=1S/C14H17F2NO3/c1-17(8-9-6-11(18)7-9)13(19)10-2-4-12(5-3-10)20-14(15)16/h2-5,9,11,14,18H,6-8H2,1H3. The van der Waals surface area contributed by atoms with Crippen LogP contribution in [0.3, 0.4) is 0 Å². The van der Waals surface area contributed by atoms with Crippen LogP contribution in [-0.4, -0.2) is 42.2 Å². The largest absolute Gasteiger partial charge is 0.435 e. The van der Waals surface area contributed by atoms with Gasteiger partial charge in [0, 0.05) is 19.2 Å². The predicted molar refractivity (Wildman–Crippen MR) is 68.8 cm³/mol. The van der Waals surface area contributed by atoms with E-state index in [1.165, 1.54) is 24.3 Å². The van der Waals surface area contributed by atoms with Gasteiger partial charge in [0.2, 0.25) is 0 Å². The number of aliphatic hydroxyl groups is 1. The number of carbonyl (C=O) groups is 1. The lowest BCUT2D eigenvalue weighted by Gasteiger charge is -2.34. The first kappa shape index (κ1) is 14.7. The zero-order valence-electron chi connectivity index (χ0n) is 11.1. The molecule has 0 aliphatic heterocycles. The summed E-state index contributed by atoms with van der Waals surface area (Å²) < 4.78 is 28.2. The first-order chi connectivity index (χ1) is 9.45. The highest BCUT2D eigenvalue weighted by molar-refractivity contribution is 5.94. The van der Waals surface area contributed by atoms with Gasteiger partial charge >= 0.3 is 6.61 Å². The molecule has 4 nitrogen and oxygen atoms in total. The number of aliphatic hydroxyl groups excluding tert-OH is 1. The van der Waals surface area contributed by atoms with E-state index < -0.39 is 6.61 Å². The number of carbonyl (C=O) groups excluding carboxylic acids is 1. The third kappa shape index (κ3) is 3.66. The lowest BCUT2D eigenvalue weighted by atomic mass is 9.82. The van der Waals surface area contributed by atoms with Crippen molar-refractivity contribution < 1.29 is 23.4 Å². The molecule has 1 amide bonds. The Balaban J connectivity index is 1.91. The molecule has 1 saturated carbocycles. The number of alkyl halides is 2. The highest BCUT2D eigenvalue weighted by Crippen LogP contribution is 2.28. The Labute approximate surface area is 116 Å². The van der Waals surface area contributed by atoms with E-state index in [1.54, 1.807) is 11.9 Å². The van der Waals surface area contributed by atoms with Crippen molar-refractivity contribution in [3.63, 3.8) is 0 Å². The van der Waals surface area contributed by atoms with Crippen molar-refractivity contribution in [1.82, 2.24) is 4.90 Å². The number of amides is 1. The molecule has 1 aromatic rings. The van der Waals surface area contributed by atoms with Crippen LogP contribution in [0.5, 0.6) is 5.75 Å². The summed E-state index contributed by atoms with van der Waals surface area (Å²) in [6.45, 7) is -2.28. The van der Waals surface area contributed by atoms with E-state index in [4.69, 9.17) is 0 Å². The summed E-state index contributed by atoms with van der Waals surface area (Å²) in [6.07, 6.45) is 1.20. The van der Waals surface area contributed by atoms with Crippen LogP contribution < -0.4 is 4.74 Å². The van der Waals surface area contributed by atoms with Crippen molar-refractivity contribution in [1.29, 1.82) is 0 Å². The fourth-order valence-corrected chi connectivity index (χ4v) is 2.32. The Morgan fingerprint density at radius 2 is 2.00 bits per heavy atom. The fraction of sp³-hybridized carbons (Fsp3) is 0.500. The summed E-state index contributed by atoms with van der Waals surface area (Å²) in [5.41, 5.74) is 0.425. The number of benzene rings is 1. The number of hydrogen-bond donors (Lipinski definition) is 1. The van der Waals surface area contributed by atoms with Crippen LogP contribution in [0.1, 0.15) is 23.2 Å². The van der Waals surface area contributed by atoms with Gasteiger partial charge in [-0.2, -0.15) is 8.78 Å². The molecule has 0 unspecified atom stereocenters. The molecule has 2 rings (SSSR count). The zero-order chi connectivity index (χ0) is 14.7. The van der Waals surface area contributed by atoms with Crippen molar-refractivity contribution in [3.05, 3.63) is 29.8 Å². The van der Waals surface area contributed by atoms with Crippen molar-refractivity contribution in [2.24, 2.45) is 5.92 Å². The predicted octanol–water partition coefficient (Wildman–Crippen LogP) is 2.13. The highest BCUT2D eigenvalue weighted by Gasteiger charge is 2.29. The highest BCUT2D eigenvalue weighted by atomic mass is 19.3. The molecule has 0 heterocycles.